The predicted molar refractivity (Wildman–Crippen MR) is 97.0 cm³/mol. The SMILES string of the molecule is CN(Cc1cccnc1)Cc1cncc2c1CCN(C1CCOC1)C2. The molecular weight excluding hydrogens is 312 g/mol. The molecular formula is C20H26N4O. The normalized spacial score (nSPS) is 20.8. The van der Waals surface area contributed by atoms with Crippen LogP contribution in [0.15, 0.2) is 36.9 Å². The second kappa shape index (κ2) is 7.60. The monoisotopic (exact) mass is 338 g/mol. The second-order valence-corrected chi connectivity index (χ2v) is 7.21. The summed E-state index contributed by atoms with van der Waals surface area (Å²) in [7, 11) is 2.16. The van der Waals surface area contributed by atoms with Crippen LogP contribution in [0.3, 0.4) is 0 Å². The lowest BCUT2D eigenvalue weighted by Crippen LogP contribution is -2.40. The van der Waals surface area contributed by atoms with Crippen molar-refractivity contribution in [1.82, 2.24) is 19.8 Å². The van der Waals surface area contributed by atoms with E-state index in [1.54, 1.807) is 0 Å². The Morgan fingerprint density at radius 1 is 1.24 bits per heavy atom. The standard InChI is InChI=1S/C20H26N4O/c1-23(12-16-3-2-6-21-9-16)13-17-10-22-11-18-14-24(7-4-20(17)18)19-5-8-25-15-19/h2-3,6,9-11,19H,4-5,7-8,12-15H2,1H3. The highest BCUT2D eigenvalue weighted by molar-refractivity contribution is 5.34. The van der Waals surface area contributed by atoms with Gasteiger partial charge in [0.1, 0.15) is 0 Å². The van der Waals surface area contributed by atoms with E-state index in [0.717, 1.165) is 52.2 Å². The summed E-state index contributed by atoms with van der Waals surface area (Å²) < 4.78 is 5.56. The van der Waals surface area contributed by atoms with Gasteiger partial charge in [0.2, 0.25) is 0 Å². The van der Waals surface area contributed by atoms with Crippen LogP contribution in [-0.4, -0.2) is 52.6 Å². The first kappa shape index (κ1) is 16.6. The van der Waals surface area contributed by atoms with Gasteiger partial charge in [-0.1, -0.05) is 6.07 Å². The van der Waals surface area contributed by atoms with Crippen molar-refractivity contribution in [2.45, 2.75) is 38.5 Å². The number of rotatable bonds is 5. The largest absolute Gasteiger partial charge is 0.380 e. The van der Waals surface area contributed by atoms with E-state index in [1.807, 2.05) is 24.7 Å². The number of aromatic nitrogens is 2. The Kier molecular flexibility index (Phi) is 5.06. The fraction of sp³-hybridized carbons (Fsp3) is 0.500. The summed E-state index contributed by atoms with van der Waals surface area (Å²) in [5.74, 6) is 0. The lowest BCUT2D eigenvalue weighted by Gasteiger charge is -2.34. The number of pyridine rings is 2. The molecule has 0 bridgehead atoms. The molecule has 1 atom stereocenters. The molecule has 2 aliphatic rings. The summed E-state index contributed by atoms with van der Waals surface area (Å²) in [5.41, 5.74) is 5.51. The van der Waals surface area contributed by atoms with Crippen molar-refractivity contribution < 1.29 is 4.74 Å². The van der Waals surface area contributed by atoms with E-state index in [0.29, 0.717) is 6.04 Å². The van der Waals surface area contributed by atoms with Crippen LogP contribution in [-0.2, 0) is 30.8 Å². The van der Waals surface area contributed by atoms with Gasteiger partial charge in [-0.15, -0.1) is 0 Å². The Bertz CT molecular complexity index is 700. The van der Waals surface area contributed by atoms with Crippen LogP contribution < -0.4 is 0 Å². The van der Waals surface area contributed by atoms with Crippen molar-refractivity contribution in [3.8, 4) is 0 Å². The Morgan fingerprint density at radius 2 is 2.20 bits per heavy atom. The van der Waals surface area contributed by atoms with E-state index in [1.165, 1.54) is 22.3 Å². The molecule has 2 aromatic rings. The first-order valence-electron chi connectivity index (χ1n) is 9.13. The van der Waals surface area contributed by atoms with Crippen molar-refractivity contribution >= 4 is 0 Å². The number of hydrogen-bond donors (Lipinski definition) is 0. The van der Waals surface area contributed by atoms with Crippen molar-refractivity contribution in [1.29, 1.82) is 0 Å². The van der Waals surface area contributed by atoms with Crippen LogP contribution in [0, 0.1) is 0 Å². The molecule has 4 rings (SSSR count). The third-order valence-corrected chi connectivity index (χ3v) is 5.30. The molecule has 0 radical (unpaired) electrons. The highest BCUT2D eigenvalue weighted by atomic mass is 16.5. The first-order valence-corrected chi connectivity index (χ1v) is 9.13. The summed E-state index contributed by atoms with van der Waals surface area (Å²) in [6.45, 7) is 5.77. The van der Waals surface area contributed by atoms with Gasteiger partial charge in [0, 0.05) is 63.6 Å². The smallest absolute Gasteiger partial charge is 0.0622 e. The Balaban J connectivity index is 1.44. The van der Waals surface area contributed by atoms with E-state index >= 15 is 0 Å². The minimum atomic E-state index is 0.588. The molecule has 132 valence electrons. The van der Waals surface area contributed by atoms with Crippen LogP contribution in [0.1, 0.15) is 28.7 Å². The lowest BCUT2D eigenvalue weighted by molar-refractivity contribution is 0.134. The van der Waals surface area contributed by atoms with Crippen molar-refractivity contribution in [2.75, 3.05) is 26.8 Å². The maximum Gasteiger partial charge on any atom is 0.0622 e. The van der Waals surface area contributed by atoms with Crippen molar-refractivity contribution in [3.05, 3.63) is 59.2 Å². The van der Waals surface area contributed by atoms with Gasteiger partial charge in [0.25, 0.3) is 0 Å². The second-order valence-electron chi connectivity index (χ2n) is 7.21. The number of ether oxygens (including phenoxy) is 1. The third kappa shape index (κ3) is 3.89. The molecule has 0 spiro atoms. The topological polar surface area (TPSA) is 41.5 Å². The number of fused-ring (bicyclic) bond motifs is 1. The quantitative estimate of drug-likeness (QED) is 0.836. The molecule has 2 aromatic heterocycles. The fourth-order valence-electron chi connectivity index (χ4n) is 4.00. The predicted octanol–water partition coefficient (Wildman–Crippen LogP) is 2.26. The molecule has 25 heavy (non-hydrogen) atoms. The number of nitrogens with zero attached hydrogens (tertiary/aromatic N) is 4. The average Bonchev–Trinajstić information content (AvgIpc) is 3.17. The minimum Gasteiger partial charge on any atom is -0.380 e. The summed E-state index contributed by atoms with van der Waals surface area (Å²) >= 11 is 0. The molecule has 1 saturated heterocycles. The fourth-order valence-corrected chi connectivity index (χ4v) is 4.00. The molecule has 2 aliphatic heterocycles. The van der Waals surface area contributed by atoms with Gasteiger partial charge in [-0.2, -0.15) is 0 Å². The van der Waals surface area contributed by atoms with Gasteiger partial charge in [-0.25, -0.2) is 0 Å². The molecule has 0 saturated carbocycles. The van der Waals surface area contributed by atoms with Gasteiger partial charge in [-0.05, 0) is 48.2 Å². The van der Waals surface area contributed by atoms with E-state index < -0.39 is 0 Å². The Hall–Kier alpha value is -1.82. The Morgan fingerprint density at radius 3 is 3.00 bits per heavy atom. The molecule has 1 unspecified atom stereocenters. The molecule has 5 nitrogen and oxygen atoms in total. The van der Waals surface area contributed by atoms with Gasteiger partial charge >= 0.3 is 0 Å². The summed E-state index contributed by atoms with van der Waals surface area (Å²) in [4.78, 5) is 13.6. The van der Waals surface area contributed by atoms with E-state index in [2.05, 4.69) is 39.1 Å². The summed E-state index contributed by atoms with van der Waals surface area (Å²) in [6.07, 6.45) is 10.1. The average molecular weight is 338 g/mol. The van der Waals surface area contributed by atoms with Crippen LogP contribution in [0.2, 0.25) is 0 Å². The van der Waals surface area contributed by atoms with Crippen molar-refractivity contribution in [3.63, 3.8) is 0 Å². The van der Waals surface area contributed by atoms with Gasteiger partial charge in [0.15, 0.2) is 0 Å². The van der Waals surface area contributed by atoms with Crippen LogP contribution >= 0.6 is 0 Å². The molecule has 0 aromatic carbocycles. The van der Waals surface area contributed by atoms with Crippen LogP contribution in [0.5, 0.6) is 0 Å². The number of hydrogen-bond acceptors (Lipinski definition) is 5. The maximum absolute atomic E-state index is 5.56. The van der Waals surface area contributed by atoms with E-state index in [9.17, 15) is 0 Å². The highest BCUT2D eigenvalue weighted by Crippen LogP contribution is 2.26. The van der Waals surface area contributed by atoms with Gasteiger partial charge in [0.05, 0.1) is 6.61 Å². The maximum atomic E-state index is 5.56. The van der Waals surface area contributed by atoms with E-state index in [-0.39, 0.29) is 0 Å². The minimum absolute atomic E-state index is 0.588. The molecule has 4 heterocycles. The van der Waals surface area contributed by atoms with Crippen LogP contribution in [0.25, 0.3) is 0 Å². The van der Waals surface area contributed by atoms with Gasteiger partial charge < -0.3 is 4.74 Å². The highest BCUT2D eigenvalue weighted by Gasteiger charge is 2.27. The summed E-state index contributed by atoms with van der Waals surface area (Å²) in [5, 5.41) is 0. The molecule has 5 heteroatoms. The molecule has 1 fully saturated rings. The zero-order valence-electron chi connectivity index (χ0n) is 14.9. The van der Waals surface area contributed by atoms with Gasteiger partial charge in [-0.3, -0.25) is 19.8 Å². The first-order chi connectivity index (χ1) is 12.3. The Labute approximate surface area is 149 Å². The molecule has 0 amide bonds. The molecule has 0 N–H and O–H groups in total. The summed E-state index contributed by atoms with van der Waals surface area (Å²) in [6, 6.07) is 4.71. The van der Waals surface area contributed by atoms with Crippen LogP contribution in [0.4, 0.5) is 0 Å². The molecule has 0 aliphatic carbocycles. The zero-order chi connectivity index (χ0) is 17.1. The zero-order valence-corrected chi connectivity index (χ0v) is 14.9. The van der Waals surface area contributed by atoms with Crippen molar-refractivity contribution in [2.24, 2.45) is 0 Å². The lowest BCUT2D eigenvalue weighted by atomic mass is 9.95. The third-order valence-electron chi connectivity index (χ3n) is 5.30. The van der Waals surface area contributed by atoms with E-state index in [4.69, 9.17) is 4.74 Å².